The number of nitrogen functional groups attached to an aromatic ring is 1. The third kappa shape index (κ3) is 1.98. The molecule has 0 bridgehead atoms. The average molecular weight is 300 g/mol. The fraction of sp³-hybridized carbons (Fsp3) is 0.385. The van der Waals surface area contributed by atoms with E-state index >= 15 is 0 Å². The third-order valence-electron chi connectivity index (χ3n) is 3.84. The van der Waals surface area contributed by atoms with Crippen molar-refractivity contribution in [3.8, 4) is 11.5 Å². The van der Waals surface area contributed by atoms with Crippen LogP contribution in [0, 0.1) is 0 Å². The number of morpholine rings is 1. The maximum absolute atomic E-state index is 5.79. The Bertz CT molecular complexity index is 817. The Morgan fingerprint density at radius 1 is 1.18 bits per heavy atom. The minimum atomic E-state index is 0.427. The fourth-order valence-corrected chi connectivity index (χ4v) is 2.53. The van der Waals surface area contributed by atoms with Crippen molar-refractivity contribution in [2.45, 2.75) is 0 Å². The summed E-state index contributed by atoms with van der Waals surface area (Å²) < 4.78 is 8.87. The monoisotopic (exact) mass is 300 g/mol. The summed E-state index contributed by atoms with van der Waals surface area (Å²) in [4.78, 5) is 6.28. The molecule has 2 N–H and O–H groups in total. The van der Waals surface area contributed by atoms with Gasteiger partial charge in [-0.25, -0.2) is 4.98 Å². The molecule has 1 aliphatic rings. The van der Waals surface area contributed by atoms with Gasteiger partial charge in [0, 0.05) is 20.1 Å². The predicted molar refractivity (Wildman–Crippen MR) is 80.4 cm³/mol. The molecule has 0 radical (unpaired) electrons. The number of nitrogens with two attached hydrogens (primary N) is 1. The lowest BCUT2D eigenvalue weighted by molar-refractivity contribution is 0.122. The zero-order valence-electron chi connectivity index (χ0n) is 12.2. The Kier molecular flexibility index (Phi) is 2.93. The zero-order chi connectivity index (χ0) is 15.1. The van der Waals surface area contributed by atoms with Gasteiger partial charge >= 0.3 is 0 Å². The highest BCUT2D eigenvalue weighted by Crippen LogP contribution is 2.21. The van der Waals surface area contributed by atoms with Gasteiger partial charge in [0.05, 0.1) is 19.4 Å². The zero-order valence-corrected chi connectivity index (χ0v) is 12.2. The van der Waals surface area contributed by atoms with E-state index in [0.29, 0.717) is 30.6 Å². The number of ether oxygens (including phenoxy) is 1. The molecular formula is C13H16N8O. The maximum Gasteiger partial charge on any atom is 0.203 e. The minimum absolute atomic E-state index is 0.427. The molecule has 4 heterocycles. The van der Waals surface area contributed by atoms with Gasteiger partial charge in [-0.05, 0) is 12.1 Å². The molecule has 22 heavy (non-hydrogen) atoms. The topological polar surface area (TPSA) is 99.4 Å². The van der Waals surface area contributed by atoms with Crippen molar-refractivity contribution in [1.82, 2.24) is 29.4 Å². The van der Waals surface area contributed by atoms with E-state index in [1.165, 1.54) is 0 Å². The second-order valence-corrected chi connectivity index (χ2v) is 5.15. The SMILES string of the molecule is Cn1c(-c2nnc3ccc(N4CCOCC4)nn23)cnc1N. The number of rotatable bonds is 2. The first kappa shape index (κ1) is 13.0. The maximum atomic E-state index is 5.79. The molecule has 4 rings (SSSR count). The molecule has 0 spiro atoms. The number of hydrogen-bond acceptors (Lipinski definition) is 7. The van der Waals surface area contributed by atoms with Crippen molar-refractivity contribution < 1.29 is 4.74 Å². The highest BCUT2D eigenvalue weighted by molar-refractivity contribution is 5.58. The molecule has 3 aromatic heterocycles. The number of anilines is 2. The van der Waals surface area contributed by atoms with E-state index in [1.807, 2.05) is 19.2 Å². The molecule has 0 unspecified atom stereocenters. The smallest absolute Gasteiger partial charge is 0.203 e. The van der Waals surface area contributed by atoms with Gasteiger partial charge in [-0.15, -0.1) is 15.3 Å². The molecule has 0 amide bonds. The van der Waals surface area contributed by atoms with Crippen LogP contribution in [-0.2, 0) is 11.8 Å². The van der Waals surface area contributed by atoms with Gasteiger partial charge in [-0.3, -0.25) is 0 Å². The number of nitrogens with zero attached hydrogens (tertiary/aromatic N) is 7. The van der Waals surface area contributed by atoms with Crippen LogP contribution in [0.25, 0.3) is 17.2 Å². The van der Waals surface area contributed by atoms with Gasteiger partial charge in [0.25, 0.3) is 0 Å². The first-order chi connectivity index (χ1) is 10.7. The summed E-state index contributed by atoms with van der Waals surface area (Å²) in [6.07, 6.45) is 1.68. The summed E-state index contributed by atoms with van der Waals surface area (Å²) in [5.41, 5.74) is 7.25. The van der Waals surface area contributed by atoms with Gasteiger partial charge in [-0.1, -0.05) is 0 Å². The molecule has 0 aromatic carbocycles. The van der Waals surface area contributed by atoms with Crippen LogP contribution >= 0.6 is 0 Å². The molecule has 0 atom stereocenters. The summed E-state index contributed by atoms with van der Waals surface area (Å²) in [5, 5.41) is 13.0. The summed E-state index contributed by atoms with van der Waals surface area (Å²) in [6.45, 7) is 3.09. The van der Waals surface area contributed by atoms with Gasteiger partial charge in [0.15, 0.2) is 11.6 Å². The van der Waals surface area contributed by atoms with Crippen molar-refractivity contribution in [3.63, 3.8) is 0 Å². The van der Waals surface area contributed by atoms with E-state index in [2.05, 4.69) is 25.2 Å². The molecule has 9 nitrogen and oxygen atoms in total. The van der Waals surface area contributed by atoms with Crippen LogP contribution in [0.3, 0.4) is 0 Å². The van der Waals surface area contributed by atoms with Crippen molar-refractivity contribution in [3.05, 3.63) is 18.3 Å². The Hall–Kier alpha value is -2.68. The molecule has 0 aliphatic carbocycles. The normalized spacial score (nSPS) is 15.6. The number of hydrogen-bond donors (Lipinski definition) is 1. The Balaban J connectivity index is 1.81. The van der Waals surface area contributed by atoms with Crippen molar-refractivity contribution in [2.24, 2.45) is 7.05 Å². The van der Waals surface area contributed by atoms with Crippen LogP contribution in [0.1, 0.15) is 0 Å². The van der Waals surface area contributed by atoms with E-state index in [1.54, 1.807) is 15.3 Å². The summed E-state index contributed by atoms with van der Waals surface area (Å²) in [7, 11) is 1.84. The molecule has 1 saturated heterocycles. The fourth-order valence-electron chi connectivity index (χ4n) is 2.53. The van der Waals surface area contributed by atoms with Crippen molar-refractivity contribution in [1.29, 1.82) is 0 Å². The first-order valence-electron chi connectivity index (χ1n) is 7.07. The van der Waals surface area contributed by atoms with Crippen LogP contribution in [0.2, 0.25) is 0 Å². The molecule has 1 aliphatic heterocycles. The minimum Gasteiger partial charge on any atom is -0.378 e. The second kappa shape index (κ2) is 4.95. The van der Waals surface area contributed by atoms with Crippen LogP contribution in [0.15, 0.2) is 18.3 Å². The highest BCUT2D eigenvalue weighted by atomic mass is 16.5. The van der Waals surface area contributed by atoms with E-state index in [4.69, 9.17) is 10.5 Å². The molecule has 3 aromatic rings. The number of fused-ring (bicyclic) bond motifs is 1. The second-order valence-electron chi connectivity index (χ2n) is 5.15. The largest absolute Gasteiger partial charge is 0.378 e. The summed E-state index contributed by atoms with van der Waals surface area (Å²) >= 11 is 0. The number of aromatic nitrogens is 6. The molecular weight excluding hydrogens is 284 g/mol. The van der Waals surface area contributed by atoms with E-state index < -0.39 is 0 Å². The molecule has 0 saturated carbocycles. The predicted octanol–water partition coefficient (Wildman–Crippen LogP) is -0.0564. The molecule has 1 fully saturated rings. The third-order valence-corrected chi connectivity index (χ3v) is 3.84. The van der Waals surface area contributed by atoms with Gasteiger partial charge in [0.1, 0.15) is 11.5 Å². The van der Waals surface area contributed by atoms with Crippen molar-refractivity contribution in [2.75, 3.05) is 36.9 Å². The standard InChI is InChI=1S/C13H16N8O/c1-19-9(8-15-13(19)14)12-17-16-10-2-3-11(18-21(10)12)20-4-6-22-7-5-20/h2-3,8H,4-7H2,1H3,(H2,14,15). The Labute approximate surface area is 126 Å². The average Bonchev–Trinajstić information content (AvgIpc) is 3.12. The van der Waals surface area contributed by atoms with Crippen LogP contribution in [0.4, 0.5) is 11.8 Å². The van der Waals surface area contributed by atoms with Gasteiger partial charge < -0.3 is 19.9 Å². The summed E-state index contributed by atoms with van der Waals surface area (Å²) in [6, 6.07) is 3.87. The first-order valence-corrected chi connectivity index (χ1v) is 7.07. The lowest BCUT2D eigenvalue weighted by atomic mass is 10.4. The quantitative estimate of drug-likeness (QED) is 0.708. The van der Waals surface area contributed by atoms with E-state index in [-0.39, 0.29) is 0 Å². The van der Waals surface area contributed by atoms with Crippen LogP contribution in [0.5, 0.6) is 0 Å². The van der Waals surface area contributed by atoms with Gasteiger partial charge in [0.2, 0.25) is 5.82 Å². The lowest BCUT2D eigenvalue weighted by Crippen LogP contribution is -2.37. The van der Waals surface area contributed by atoms with E-state index in [9.17, 15) is 0 Å². The van der Waals surface area contributed by atoms with E-state index in [0.717, 1.165) is 24.6 Å². The van der Waals surface area contributed by atoms with Gasteiger partial charge in [-0.2, -0.15) is 4.52 Å². The molecule has 114 valence electrons. The van der Waals surface area contributed by atoms with Crippen LogP contribution < -0.4 is 10.6 Å². The molecule has 9 heteroatoms. The van der Waals surface area contributed by atoms with Crippen molar-refractivity contribution >= 4 is 17.4 Å². The Morgan fingerprint density at radius 3 is 2.73 bits per heavy atom. The highest BCUT2D eigenvalue weighted by Gasteiger charge is 2.17. The number of imidazole rings is 1. The lowest BCUT2D eigenvalue weighted by Gasteiger charge is -2.27. The van der Waals surface area contributed by atoms with Crippen LogP contribution in [-0.4, -0.2) is 55.7 Å². The Morgan fingerprint density at radius 2 is 2.00 bits per heavy atom. The summed E-state index contributed by atoms with van der Waals surface area (Å²) in [5.74, 6) is 1.93.